The molecule has 0 rings (SSSR count). The van der Waals surface area contributed by atoms with E-state index in [1.54, 1.807) is 0 Å². The van der Waals surface area contributed by atoms with E-state index in [0.717, 1.165) is 0 Å². The Labute approximate surface area is 98.7 Å². The fourth-order valence-corrected chi connectivity index (χ4v) is 0.931. The van der Waals surface area contributed by atoms with Crippen LogP contribution in [0.3, 0.4) is 0 Å². The lowest BCUT2D eigenvalue weighted by molar-refractivity contribution is -0.383. The average Bonchev–Trinajstić information content (AvgIpc) is 2.14. The molecule has 0 heterocycles. The predicted molar refractivity (Wildman–Crippen MR) is 48.3 cm³/mol. The van der Waals surface area contributed by atoms with E-state index < -0.39 is 43.3 Å². The highest BCUT2D eigenvalue weighted by Crippen LogP contribution is 2.34. The molecule has 0 aliphatic carbocycles. The summed E-state index contributed by atoms with van der Waals surface area (Å²) >= 11 is 0. The second-order valence-corrected chi connectivity index (χ2v) is 3.43. The van der Waals surface area contributed by atoms with Gasteiger partial charge in [0.2, 0.25) is 0 Å². The Hall–Kier alpha value is -1.22. The van der Waals surface area contributed by atoms with Gasteiger partial charge in [-0.05, 0) is 6.42 Å². The highest BCUT2D eigenvalue weighted by Gasteiger charge is 2.55. The van der Waals surface area contributed by atoms with Crippen molar-refractivity contribution in [1.82, 2.24) is 0 Å². The molecule has 0 aromatic rings. The summed E-state index contributed by atoms with van der Waals surface area (Å²) in [6.45, 7) is 2.80. The number of alkyl halides is 5. The molecule has 0 radical (unpaired) electrons. The van der Waals surface area contributed by atoms with Crippen molar-refractivity contribution >= 4 is 5.97 Å². The van der Waals surface area contributed by atoms with Crippen LogP contribution >= 0.6 is 0 Å². The Bertz CT molecular complexity index is 311. The summed E-state index contributed by atoms with van der Waals surface area (Å²) in [5.41, 5.74) is 0. The summed E-state index contributed by atoms with van der Waals surface area (Å²) in [5, 5.41) is 17.8. The smallest absolute Gasteiger partial charge is 0.393 e. The van der Waals surface area contributed by atoms with E-state index in [-0.39, 0.29) is 0 Å². The van der Waals surface area contributed by atoms with Crippen molar-refractivity contribution in [2.75, 3.05) is 0 Å². The summed E-state index contributed by atoms with van der Waals surface area (Å²) in [5.74, 6) is -5.51. The summed E-state index contributed by atoms with van der Waals surface area (Å²) in [6.07, 6.45) is -12.7. The van der Waals surface area contributed by atoms with Crippen molar-refractivity contribution in [2.45, 2.75) is 37.3 Å². The van der Waals surface area contributed by atoms with E-state index in [1.807, 2.05) is 0 Å². The molecular weight excluding hydrogens is 267 g/mol. The number of aliphatic hydroxyl groups is 2. The Morgan fingerprint density at radius 3 is 2.06 bits per heavy atom. The number of halogens is 5. The lowest BCUT2D eigenvalue weighted by Crippen LogP contribution is -2.50. The maximum absolute atomic E-state index is 13.0. The zero-order chi connectivity index (χ0) is 14.6. The van der Waals surface area contributed by atoms with Crippen molar-refractivity contribution in [2.24, 2.45) is 0 Å². The van der Waals surface area contributed by atoms with E-state index in [0.29, 0.717) is 6.08 Å². The van der Waals surface area contributed by atoms with E-state index in [1.165, 1.54) is 0 Å². The van der Waals surface area contributed by atoms with Crippen molar-refractivity contribution in [1.29, 1.82) is 0 Å². The molecule has 0 aromatic heterocycles. The average molecular weight is 278 g/mol. The number of carbonyl (C=O) groups excluding carboxylic acids is 1. The van der Waals surface area contributed by atoms with Gasteiger partial charge in [-0.2, -0.15) is 22.0 Å². The number of ether oxygens (including phenoxy) is 1. The minimum atomic E-state index is -4.73. The van der Waals surface area contributed by atoms with Crippen LogP contribution < -0.4 is 0 Å². The quantitative estimate of drug-likeness (QED) is 0.336. The van der Waals surface area contributed by atoms with Gasteiger partial charge in [0.1, 0.15) is 0 Å². The molecule has 0 saturated heterocycles. The molecule has 0 aliphatic rings. The molecular formula is C9H11F5O4. The number of carbonyl (C=O) groups is 1. The summed E-state index contributed by atoms with van der Waals surface area (Å²) in [6, 6.07) is 0. The molecule has 0 aromatic carbocycles. The van der Waals surface area contributed by atoms with Crippen LogP contribution in [0, 0.1) is 0 Å². The minimum Gasteiger partial charge on any atom is -0.393 e. The van der Waals surface area contributed by atoms with Crippen molar-refractivity contribution in [3.05, 3.63) is 12.7 Å². The molecule has 0 aliphatic heterocycles. The highest BCUT2D eigenvalue weighted by atomic mass is 19.4. The van der Waals surface area contributed by atoms with Crippen LogP contribution in [0.15, 0.2) is 12.7 Å². The Balaban J connectivity index is 4.50. The van der Waals surface area contributed by atoms with Crippen molar-refractivity contribution in [3.63, 3.8) is 0 Å². The Morgan fingerprint density at radius 2 is 1.67 bits per heavy atom. The second kappa shape index (κ2) is 5.61. The van der Waals surface area contributed by atoms with Gasteiger partial charge in [0.05, 0.1) is 0 Å². The first-order chi connectivity index (χ1) is 7.91. The van der Waals surface area contributed by atoms with Gasteiger partial charge in [-0.1, -0.05) is 6.58 Å². The first-order valence-electron chi connectivity index (χ1n) is 4.66. The summed E-state index contributed by atoms with van der Waals surface area (Å²) in [7, 11) is 0. The van der Waals surface area contributed by atoms with Crippen LogP contribution in [0.1, 0.15) is 19.3 Å². The number of hydrogen-bond donors (Lipinski definition) is 2. The van der Waals surface area contributed by atoms with Gasteiger partial charge in [-0.3, -0.25) is 0 Å². The summed E-state index contributed by atoms with van der Waals surface area (Å²) < 4.78 is 64.6. The van der Waals surface area contributed by atoms with E-state index in [9.17, 15) is 26.7 Å². The van der Waals surface area contributed by atoms with Crippen LogP contribution in [0.4, 0.5) is 22.0 Å². The number of esters is 1. The predicted octanol–water partition coefficient (Wildman–Crippen LogP) is 1.72. The molecule has 0 amide bonds. The molecule has 0 saturated carbocycles. The summed E-state index contributed by atoms with van der Waals surface area (Å²) in [4.78, 5) is 10.5. The van der Waals surface area contributed by atoms with Crippen LogP contribution in [-0.2, 0) is 9.53 Å². The first-order valence-corrected chi connectivity index (χ1v) is 4.66. The maximum Gasteiger partial charge on any atom is 0.456 e. The zero-order valence-corrected chi connectivity index (χ0v) is 9.01. The van der Waals surface area contributed by atoms with Crippen LogP contribution in [-0.4, -0.2) is 34.3 Å². The Kier molecular flexibility index (Phi) is 5.23. The molecule has 0 spiro atoms. The molecule has 0 fully saturated rings. The number of hydrogen-bond acceptors (Lipinski definition) is 4. The first kappa shape index (κ1) is 16.8. The monoisotopic (exact) mass is 278 g/mol. The molecule has 9 heteroatoms. The van der Waals surface area contributed by atoms with Gasteiger partial charge < -0.3 is 14.9 Å². The molecule has 2 N–H and O–H groups in total. The van der Waals surface area contributed by atoms with Crippen molar-refractivity contribution in [3.8, 4) is 0 Å². The zero-order valence-electron chi connectivity index (χ0n) is 9.01. The highest BCUT2D eigenvalue weighted by molar-refractivity contribution is 5.81. The molecule has 0 bridgehead atoms. The molecule has 106 valence electrons. The van der Waals surface area contributed by atoms with Gasteiger partial charge in [0.15, 0.2) is 0 Å². The van der Waals surface area contributed by atoms with Gasteiger partial charge >= 0.3 is 18.3 Å². The molecule has 0 unspecified atom stereocenters. The largest absolute Gasteiger partial charge is 0.456 e. The molecule has 18 heavy (non-hydrogen) atoms. The van der Waals surface area contributed by atoms with Crippen molar-refractivity contribution < 1.29 is 41.7 Å². The fourth-order valence-electron chi connectivity index (χ4n) is 0.931. The topological polar surface area (TPSA) is 66.8 Å². The standard InChI is InChI=1S/C9H11F5O4/c1-2-6(15)18-9(13,14)7(16,17)4-3-5-8(10,11)12/h2,16-17H,1,3-5H2. The van der Waals surface area contributed by atoms with Gasteiger partial charge in [-0.25, -0.2) is 4.79 Å². The third-order valence-electron chi connectivity index (χ3n) is 1.85. The molecule has 0 atom stereocenters. The lowest BCUT2D eigenvalue weighted by atomic mass is 10.1. The van der Waals surface area contributed by atoms with Gasteiger partial charge in [0, 0.05) is 18.9 Å². The normalized spacial score (nSPS) is 13.3. The van der Waals surface area contributed by atoms with Gasteiger partial charge in [0.25, 0.3) is 5.79 Å². The Morgan fingerprint density at radius 1 is 1.17 bits per heavy atom. The van der Waals surface area contributed by atoms with Crippen LogP contribution in [0.2, 0.25) is 0 Å². The SMILES string of the molecule is C=CC(=O)OC(F)(F)C(O)(O)CCCC(F)(F)F. The van der Waals surface area contributed by atoms with E-state index in [4.69, 9.17) is 10.2 Å². The third-order valence-corrected chi connectivity index (χ3v) is 1.85. The second-order valence-electron chi connectivity index (χ2n) is 3.43. The lowest BCUT2D eigenvalue weighted by Gasteiger charge is -2.29. The van der Waals surface area contributed by atoms with Crippen LogP contribution in [0.5, 0.6) is 0 Å². The van der Waals surface area contributed by atoms with Gasteiger partial charge in [-0.15, -0.1) is 0 Å². The fraction of sp³-hybridized carbons (Fsp3) is 0.667. The van der Waals surface area contributed by atoms with E-state index in [2.05, 4.69) is 11.3 Å². The van der Waals surface area contributed by atoms with Crippen LogP contribution in [0.25, 0.3) is 0 Å². The third kappa shape index (κ3) is 5.41. The number of rotatable bonds is 6. The minimum absolute atomic E-state index is 0.347. The van der Waals surface area contributed by atoms with E-state index >= 15 is 0 Å². The molecule has 4 nitrogen and oxygen atoms in total. The maximum atomic E-state index is 13.0.